The van der Waals surface area contributed by atoms with Gasteiger partial charge in [-0.05, 0) is 61.0 Å². The molecule has 9 nitrogen and oxygen atoms in total. The van der Waals surface area contributed by atoms with Crippen molar-refractivity contribution >= 4 is 34.4 Å². The number of H-pyrrole nitrogens is 1. The number of amides is 1. The second-order valence-electron chi connectivity index (χ2n) is 8.55. The summed E-state index contributed by atoms with van der Waals surface area (Å²) in [5.74, 6) is 1.86. The number of ether oxygens (including phenoxy) is 1. The number of rotatable bonds is 7. The number of nitrogens with one attached hydrogen (secondary N) is 2. The smallest absolute Gasteiger partial charge is 0.291 e. The molecular weight excluding hydrogens is 506 g/mol. The summed E-state index contributed by atoms with van der Waals surface area (Å²) in [4.78, 5) is 24.8. The van der Waals surface area contributed by atoms with Gasteiger partial charge in [-0.15, -0.1) is 0 Å². The molecular formula is C28H20ClN5O4. The van der Waals surface area contributed by atoms with Crippen molar-refractivity contribution < 1.29 is 18.5 Å². The molecule has 6 aromatic rings. The fourth-order valence-electron chi connectivity index (χ4n) is 3.96. The molecule has 1 amide bonds. The van der Waals surface area contributed by atoms with Crippen molar-refractivity contribution in [3.63, 3.8) is 0 Å². The molecule has 4 heterocycles. The van der Waals surface area contributed by atoms with Crippen LogP contribution in [0.3, 0.4) is 0 Å². The number of furan rings is 1. The molecule has 2 N–H and O–H groups in total. The van der Waals surface area contributed by atoms with Crippen LogP contribution in [0.5, 0.6) is 5.75 Å². The molecule has 0 aliphatic heterocycles. The number of halogens is 1. The second kappa shape index (κ2) is 9.87. The Hall–Kier alpha value is -4.89. The van der Waals surface area contributed by atoms with Crippen LogP contribution in [0.1, 0.15) is 22.0 Å². The summed E-state index contributed by atoms with van der Waals surface area (Å²) in [5.41, 5.74) is 5.11. The first kappa shape index (κ1) is 23.5. The number of hydrogen-bond donors (Lipinski definition) is 2. The fourth-order valence-corrected chi connectivity index (χ4v) is 4.16. The van der Waals surface area contributed by atoms with Crippen molar-refractivity contribution in [2.45, 2.75) is 13.5 Å². The van der Waals surface area contributed by atoms with Crippen molar-refractivity contribution in [1.82, 2.24) is 20.1 Å². The van der Waals surface area contributed by atoms with E-state index in [1.165, 1.54) is 6.26 Å². The summed E-state index contributed by atoms with van der Waals surface area (Å²) in [7, 11) is 0. The molecule has 0 atom stereocenters. The largest absolute Gasteiger partial charge is 0.487 e. The fraction of sp³-hybridized carbons (Fsp3) is 0.0714. The van der Waals surface area contributed by atoms with E-state index < -0.39 is 0 Å². The van der Waals surface area contributed by atoms with E-state index in [0.29, 0.717) is 34.4 Å². The number of anilines is 1. The topological polar surface area (TPSA) is 119 Å². The highest BCUT2D eigenvalue weighted by atomic mass is 35.5. The van der Waals surface area contributed by atoms with Crippen LogP contribution in [0.4, 0.5) is 5.69 Å². The maximum atomic E-state index is 12.4. The first-order valence-corrected chi connectivity index (χ1v) is 12.1. The molecule has 188 valence electrons. The Kier molecular flexibility index (Phi) is 6.11. The van der Waals surface area contributed by atoms with Gasteiger partial charge in [0.05, 0.1) is 16.8 Å². The molecule has 0 bridgehead atoms. The summed E-state index contributed by atoms with van der Waals surface area (Å²) in [6, 6.07) is 20.0. The number of carbonyl (C=O) groups excluding carboxylic acids is 1. The molecule has 0 unspecified atom stereocenters. The molecule has 4 aromatic heterocycles. The predicted octanol–water partition coefficient (Wildman–Crippen LogP) is 6.67. The first-order chi connectivity index (χ1) is 18.5. The number of hydrogen-bond acceptors (Lipinski definition) is 7. The molecule has 0 fully saturated rings. The number of nitrogens with zero attached hydrogens (tertiary/aromatic N) is 3. The average molecular weight is 526 g/mol. The van der Waals surface area contributed by atoms with Gasteiger partial charge in [0.25, 0.3) is 5.91 Å². The van der Waals surface area contributed by atoms with Crippen LogP contribution in [-0.4, -0.2) is 26.0 Å². The van der Waals surface area contributed by atoms with Gasteiger partial charge in [-0.1, -0.05) is 28.9 Å². The van der Waals surface area contributed by atoms with Crippen LogP contribution in [0.2, 0.25) is 5.02 Å². The van der Waals surface area contributed by atoms with Gasteiger partial charge >= 0.3 is 0 Å². The number of benzene rings is 2. The second-order valence-corrected chi connectivity index (χ2v) is 8.96. The summed E-state index contributed by atoms with van der Waals surface area (Å²) in [5, 5.41) is 7.22. The molecule has 2 aromatic carbocycles. The molecule has 0 aliphatic carbocycles. The highest BCUT2D eigenvalue weighted by Crippen LogP contribution is 2.31. The third-order valence-electron chi connectivity index (χ3n) is 5.81. The van der Waals surface area contributed by atoms with Crippen LogP contribution in [0.15, 0.2) is 88.1 Å². The third kappa shape index (κ3) is 4.87. The van der Waals surface area contributed by atoms with E-state index in [9.17, 15) is 4.79 Å². The Morgan fingerprint density at radius 1 is 1.08 bits per heavy atom. The number of fused-ring (bicyclic) bond motifs is 1. The van der Waals surface area contributed by atoms with Crippen LogP contribution in [0.25, 0.3) is 33.7 Å². The number of aromatic nitrogens is 4. The van der Waals surface area contributed by atoms with Gasteiger partial charge in [0.2, 0.25) is 0 Å². The number of pyridine rings is 1. The molecule has 0 saturated carbocycles. The Balaban J connectivity index is 1.21. The van der Waals surface area contributed by atoms with Gasteiger partial charge in [0, 0.05) is 29.1 Å². The maximum absolute atomic E-state index is 12.4. The molecule has 38 heavy (non-hydrogen) atoms. The van der Waals surface area contributed by atoms with Crippen molar-refractivity contribution in [1.29, 1.82) is 0 Å². The number of carbonyl (C=O) groups is 1. The normalized spacial score (nSPS) is 11.1. The lowest BCUT2D eigenvalue weighted by atomic mass is 10.1. The monoisotopic (exact) mass is 525 g/mol. The van der Waals surface area contributed by atoms with Gasteiger partial charge in [0.1, 0.15) is 29.6 Å². The minimum atomic E-state index is -0.358. The van der Waals surface area contributed by atoms with E-state index in [2.05, 4.69) is 25.4 Å². The standard InChI is InChI=1S/C28H20ClN5O4/c1-16-11-20(34-38-16)15-37-21-7-4-17(5-8-21)18-12-24-27(30-14-18)33-26(32-24)22-13-19(6-9-23(22)29)31-28(35)25-3-2-10-36-25/h2-14H,15H2,1H3,(H,31,35)(H,30,32,33). The van der Waals surface area contributed by atoms with Crippen molar-refractivity contribution in [3.8, 4) is 28.3 Å². The summed E-state index contributed by atoms with van der Waals surface area (Å²) in [6.45, 7) is 2.17. The Morgan fingerprint density at radius 3 is 2.71 bits per heavy atom. The molecule has 0 aliphatic rings. The summed E-state index contributed by atoms with van der Waals surface area (Å²) < 4.78 is 16.0. The van der Waals surface area contributed by atoms with Gasteiger partial charge in [0.15, 0.2) is 11.4 Å². The van der Waals surface area contributed by atoms with Gasteiger partial charge < -0.3 is 24.0 Å². The Morgan fingerprint density at radius 2 is 1.95 bits per heavy atom. The number of imidazole rings is 1. The molecule has 0 spiro atoms. The highest BCUT2D eigenvalue weighted by Gasteiger charge is 2.14. The van der Waals surface area contributed by atoms with E-state index >= 15 is 0 Å². The van der Waals surface area contributed by atoms with Gasteiger partial charge in [-0.2, -0.15) is 0 Å². The third-order valence-corrected chi connectivity index (χ3v) is 6.14. The molecule has 0 saturated heterocycles. The zero-order chi connectivity index (χ0) is 26.1. The number of aryl methyl sites for hydroxylation is 1. The average Bonchev–Trinajstić information content (AvgIpc) is 3.69. The van der Waals surface area contributed by atoms with E-state index in [1.807, 2.05) is 43.3 Å². The highest BCUT2D eigenvalue weighted by molar-refractivity contribution is 6.33. The van der Waals surface area contributed by atoms with Gasteiger partial charge in [-0.25, -0.2) is 9.97 Å². The predicted molar refractivity (Wildman–Crippen MR) is 142 cm³/mol. The van der Waals surface area contributed by atoms with E-state index in [1.54, 1.807) is 36.5 Å². The molecule has 10 heteroatoms. The minimum absolute atomic E-state index is 0.214. The van der Waals surface area contributed by atoms with E-state index in [0.717, 1.165) is 33.8 Å². The van der Waals surface area contributed by atoms with E-state index in [-0.39, 0.29) is 11.7 Å². The lowest BCUT2D eigenvalue weighted by Crippen LogP contribution is -2.10. The molecule has 6 rings (SSSR count). The lowest BCUT2D eigenvalue weighted by molar-refractivity contribution is 0.0996. The van der Waals surface area contributed by atoms with Crippen molar-refractivity contribution in [3.05, 3.63) is 101 Å². The van der Waals surface area contributed by atoms with Crippen molar-refractivity contribution in [2.24, 2.45) is 0 Å². The first-order valence-electron chi connectivity index (χ1n) is 11.7. The summed E-state index contributed by atoms with van der Waals surface area (Å²) in [6.07, 6.45) is 3.21. The maximum Gasteiger partial charge on any atom is 0.291 e. The van der Waals surface area contributed by atoms with E-state index in [4.69, 9.17) is 25.3 Å². The SMILES string of the molecule is Cc1cc(COc2ccc(-c3cnc4nc(-c5cc(NC(=O)c6ccco6)ccc5Cl)[nH]c4c3)cc2)no1. The van der Waals surface area contributed by atoms with Gasteiger partial charge in [-0.3, -0.25) is 4.79 Å². The zero-order valence-electron chi connectivity index (χ0n) is 20.1. The van der Waals surface area contributed by atoms with Crippen LogP contribution in [-0.2, 0) is 6.61 Å². The minimum Gasteiger partial charge on any atom is -0.487 e. The number of aromatic amines is 1. The summed E-state index contributed by atoms with van der Waals surface area (Å²) >= 11 is 6.47. The Labute approximate surface area is 221 Å². The Bertz CT molecular complexity index is 1740. The van der Waals surface area contributed by atoms with Crippen LogP contribution >= 0.6 is 11.6 Å². The quantitative estimate of drug-likeness (QED) is 0.239. The lowest BCUT2D eigenvalue weighted by Gasteiger charge is -2.07. The zero-order valence-corrected chi connectivity index (χ0v) is 20.8. The van der Waals surface area contributed by atoms with Crippen molar-refractivity contribution in [2.75, 3.05) is 5.32 Å². The van der Waals surface area contributed by atoms with Crippen LogP contribution in [0, 0.1) is 6.92 Å². The van der Waals surface area contributed by atoms with Crippen LogP contribution < -0.4 is 10.1 Å². The molecule has 0 radical (unpaired) electrons.